The molecular formula is C19H38IN7O2. The van der Waals surface area contributed by atoms with Crippen LogP contribution in [0.3, 0.4) is 0 Å². The van der Waals surface area contributed by atoms with Gasteiger partial charge in [-0.25, -0.2) is 9.48 Å². The van der Waals surface area contributed by atoms with E-state index in [0.717, 1.165) is 83.2 Å². The van der Waals surface area contributed by atoms with E-state index < -0.39 is 0 Å². The molecule has 0 bridgehead atoms. The molecule has 0 spiro atoms. The van der Waals surface area contributed by atoms with Gasteiger partial charge in [-0.2, -0.15) is 5.10 Å². The second kappa shape index (κ2) is 14.8. The topological polar surface area (TPSA) is 88.7 Å². The van der Waals surface area contributed by atoms with E-state index in [9.17, 15) is 4.79 Å². The number of hydrogen-bond acceptors (Lipinski definition) is 5. The van der Waals surface area contributed by atoms with Gasteiger partial charge in [-0.1, -0.05) is 0 Å². The molecule has 1 aromatic rings. The highest BCUT2D eigenvalue weighted by Crippen LogP contribution is 2.09. The molecule has 0 fully saturated rings. The SMILES string of the molecule is CCNC(=NCCCn1nc2n(c1=O)CCCC2)NCCN(C)CCCOC.I. The number of aliphatic imine (C=N–C) groups is 1. The number of methoxy groups -OCH3 is 1. The molecule has 0 saturated heterocycles. The average Bonchev–Trinajstić information content (AvgIpc) is 3.01. The van der Waals surface area contributed by atoms with E-state index in [0.29, 0.717) is 13.1 Å². The molecule has 10 heteroatoms. The van der Waals surface area contributed by atoms with E-state index in [1.165, 1.54) is 0 Å². The van der Waals surface area contributed by atoms with E-state index in [1.54, 1.807) is 11.8 Å². The molecule has 2 N–H and O–H groups in total. The largest absolute Gasteiger partial charge is 0.385 e. The number of nitrogens with zero attached hydrogens (tertiary/aromatic N) is 5. The number of hydrogen-bond donors (Lipinski definition) is 2. The zero-order chi connectivity index (χ0) is 20.2. The minimum absolute atomic E-state index is 0. The molecule has 0 aliphatic carbocycles. The van der Waals surface area contributed by atoms with Gasteiger partial charge < -0.3 is 20.3 Å². The minimum Gasteiger partial charge on any atom is -0.385 e. The first-order chi connectivity index (χ1) is 13.7. The summed E-state index contributed by atoms with van der Waals surface area (Å²) in [7, 11) is 3.85. The van der Waals surface area contributed by atoms with Gasteiger partial charge in [0.25, 0.3) is 0 Å². The van der Waals surface area contributed by atoms with Crippen LogP contribution in [0.15, 0.2) is 9.79 Å². The fourth-order valence-corrected chi connectivity index (χ4v) is 3.30. The Morgan fingerprint density at radius 3 is 2.83 bits per heavy atom. The van der Waals surface area contributed by atoms with Gasteiger partial charge in [-0.3, -0.25) is 9.56 Å². The summed E-state index contributed by atoms with van der Waals surface area (Å²) in [5.74, 6) is 1.76. The van der Waals surface area contributed by atoms with Gasteiger partial charge in [0.1, 0.15) is 5.82 Å². The van der Waals surface area contributed by atoms with Crippen LogP contribution in [-0.2, 0) is 24.2 Å². The fourth-order valence-electron chi connectivity index (χ4n) is 3.30. The molecule has 1 aliphatic heterocycles. The standard InChI is InChI=1S/C19H37N7O2.HI/c1-4-20-18(22-11-15-24(2)12-8-16-28-3)21-10-7-14-26-19(27)25-13-6-5-9-17(25)23-26;/h4-16H2,1-3H3,(H2,20,21,22);1H. The van der Waals surface area contributed by atoms with E-state index >= 15 is 0 Å². The number of guanidine groups is 1. The van der Waals surface area contributed by atoms with Crippen molar-refractivity contribution in [3.8, 4) is 0 Å². The Labute approximate surface area is 191 Å². The highest BCUT2D eigenvalue weighted by atomic mass is 127. The summed E-state index contributed by atoms with van der Waals surface area (Å²) >= 11 is 0. The van der Waals surface area contributed by atoms with Crippen molar-refractivity contribution in [3.63, 3.8) is 0 Å². The summed E-state index contributed by atoms with van der Waals surface area (Å²) < 4.78 is 8.51. The van der Waals surface area contributed by atoms with Crippen molar-refractivity contribution in [2.45, 2.75) is 52.1 Å². The third-order valence-electron chi connectivity index (χ3n) is 4.85. The Balaban J connectivity index is 0.00000420. The molecular weight excluding hydrogens is 485 g/mol. The molecule has 2 rings (SSSR count). The van der Waals surface area contributed by atoms with Crippen molar-refractivity contribution in [2.75, 3.05) is 53.5 Å². The van der Waals surface area contributed by atoms with E-state index in [-0.39, 0.29) is 29.7 Å². The molecule has 9 nitrogen and oxygen atoms in total. The zero-order valence-electron chi connectivity index (χ0n) is 18.2. The first kappa shape index (κ1) is 25.9. The van der Waals surface area contributed by atoms with Crippen molar-refractivity contribution >= 4 is 29.9 Å². The second-order valence-electron chi connectivity index (χ2n) is 7.22. The Morgan fingerprint density at radius 2 is 2.10 bits per heavy atom. The molecule has 0 atom stereocenters. The summed E-state index contributed by atoms with van der Waals surface area (Å²) in [5, 5.41) is 11.1. The summed E-state index contributed by atoms with van der Waals surface area (Å²) in [5.41, 5.74) is 0.0280. The molecule has 1 aliphatic rings. The van der Waals surface area contributed by atoms with E-state index in [4.69, 9.17) is 4.74 Å². The lowest BCUT2D eigenvalue weighted by Gasteiger charge is -2.18. The van der Waals surface area contributed by atoms with Gasteiger partial charge >= 0.3 is 5.69 Å². The lowest BCUT2D eigenvalue weighted by atomic mass is 10.2. The number of halogens is 1. The van der Waals surface area contributed by atoms with Crippen molar-refractivity contribution in [2.24, 2.45) is 4.99 Å². The van der Waals surface area contributed by atoms with Crippen LogP contribution >= 0.6 is 24.0 Å². The molecule has 0 amide bonds. The summed E-state index contributed by atoms with van der Waals surface area (Å²) in [6.07, 6.45) is 4.94. The maximum Gasteiger partial charge on any atom is 0.345 e. The van der Waals surface area contributed by atoms with Crippen LogP contribution in [0.2, 0.25) is 0 Å². The quantitative estimate of drug-likeness (QED) is 0.183. The van der Waals surface area contributed by atoms with Crippen molar-refractivity contribution < 1.29 is 4.74 Å². The Morgan fingerprint density at radius 1 is 1.28 bits per heavy atom. The third-order valence-corrected chi connectivity index (χ3v) is 4.85. The Bertz CT molecular complexity index is 659. The van der Waals surface area contributed by atoms with Gasteiger partial charge in [-0.15, -0.1) is 24.0 Å². The van der Waals surface area contributed by atoms with Crippen molar-refractivity contribution in [1.82, 2.24) is 29.9 Å². The third kappa shape index (κ3) is 9.04. The number of nitrogens with one attached hydrogen (secondary N) is 2. The number of aromatic nitrogens is 3. The van der Waals surface area contributed by atoms with Crippen LogP contribution in [0.25, 0.3) is 0 Å². The summed E-state index contributed by atoms with van der Waals surface area (Å²) in [6, 6.07) is 0. The highest BCUT2D eigenvalue weighted by molar-refractivity contribution is 14.0. The zero-order valence-corrected chi connectivity index (χ0v) is 20.5. The lowest BCUT2D eigenvalue weighted by Crippen LogP contribution is -2.41. The van der Waals surface area contributed by atoms with E-state index in [2.05, 4.69) is 39.6 Å². The van der Waals surface area contributed by atoms with E-state index in [1.807, 2.05) is 4.57 Å². The predicted octanol–water partition coefficient (Wildman–Crippen LogP) is 0.913. The first-order valence-electron chi connectivity index (χ1n) is 10.5. The lowest BCUT2D eigenvalue weighted by molar-refractivity contribution is 0.180. The first-order valence-corrected chi connectivity index (χ1v) is 10.5. The maximum absolute atomic E-state index is 12.3. The summed E-state index contributed by atoms with van der Waals surface area (Å²) in [6.45, 7) is 8.56. The van der Waals surface area contributed by atoms with Crippen LogP contribution in [0.5, 0.6) is 0 Å². The Kier molecular flexibility index (Phi) is 13.2. The smallest absolute Gasteiger partial charge is 0.345 e. The van der Waals surface area contributed by atoms with Crippen LogP contribution in [0.4, 0.5) is 0 Å². The van der Waals surface area contributed by atoms with Crippen molar-refractivity contribution in [1.29, 1.82) is 0 Å². The average molecular weight is 523 g/mol. The van der Waals surface area contributed by atoms with Gasteiger partial charge in [-0.05, 0) is 39.7 Å². The monoisotopic (exact) mass is 523 g/mol. The molecule has 0 radical (unpaired) electrons. The molecule has 1 aromatic heterocycles. The Hall–Kier alpha value is -1.14. The van der Waals surface area contributed by atoms with Crippen LogP contribution in [0.1, 0.15) is 38.4 Å². The number of likely N-dealkylation sites (N-methyl/N-ethyl adjacent to an activating group) is 1. The predicted molar refractivity (Wildman–Crippen MR) is 127 cm³/mol. The van der Waals surface area contributed by atoms with Crippen LogP contribution in [0, 0.1) is 0 Å². The molecule has 168 valence electrons. The number of aryl methyl sites for hydroxylation is 2. The number of ether oxygens (including phenoxy) is 1. The second-order valence-corrected chi connectivity index (χ2v) is 7.22. The molecule has 2 heterocycles. The minimum atomic E-state index is 0. The van der Waals surface area contributed by atoms with Gasteiger partial charge in [0.05, 0.1) is 0 Å². The molecule has 0 unspecified atom stereocenters. The number of rotatable bonds is 12. The van der Waals surface area contributed by atoms with Crippen molar-refractivity contribution in [3.05, 3.63) is 16.3 Å². The normalized spacial score (nSPS) is 13.9. The van der Waals surface area contributed by atoms with Crippen LogP contribution < -0.4 is 16.3 Å². The molecule has 29 heavy (non-hydrogen) atoms. The maximum atomic E-state index is 12.3. The molecule has 0 aromatic carbocycles. The number of fused-ring (bicyclic) bond motifs is 1. The van der Waals surface area contributed by atoms with Gasteiger partial charge in [0, 0.05) is 66.0 Å². The molecule has 0 saturated carbocycles. The fraction of sp³-hybridized carbons (Fsp3) is 0.842. The van der Waals surface area contributed by atoms with Gasteiger partial charge in [0.2, 0.25) is 0 Å². The van der Waals surface area contributed by atoms with Gasteiger partial charge in [0.15, 0.2) is 5.96 Å². The van der Waals surface area contributed by atoms with Crippen LogP contribution in [-0.4, -0.2) is 78.7 Å². The highest BCUT2D eigenvalue weighted by Gasteiger charge is 2.16. The summed E-state index contributed by atoms with van der Waals surface area (Å²) in [4.78, 5) is 19.2.